The first kappa shape index (κ1) is 22.6. The first-order valence-electron chi connectivity index (χ1n) is 8.68. The van der Waals surface area contributed by atoms with Gasteiger partial charge in [0.25, 0.3) is 0 Å². The number of hydrogen-bond acceptors (Lipinski definition) is 4. The Morgan fingerprint density at radius 2 is 1.81 bits per heavy atom. The lowest BCUT2D eigenvalue weighted by Crippen LogP contribution is -2.44. The summed E-state index contributed by atoms with van der Waals surface area (Å²) in [4.78, 5) is 2.46. The van der Waals surface area contributed by atoms with Crippen molar-refractivity contribution < 1.29 is 9.47 Å². The van der Waals surface area contributed by atoms with E-state index in [1.165, 1.54) is 5.56 Å². The number of para-hydroxylation sites is 2. The number of morpholine rings is 1. The van der Waals surface area contributed by atoms with E-state index in [2.05, 4.69) is 46.6 Å². The van der Waals surface area contributed by atoms with Crippen LogP contribution in [0.3, 0.4) is 0 Å². The van der Waals surface area contributed by atoms with Crippen LogP contribution in [0.4, 0.5) is 5.69 Å². The topological polar surface area (TPSA) is 33.7 Å². The van der Waals surface area contributed by atoms with Crippen LogP contribution in [0.15, 0.2) is 54.6 Å². The smallest absolute Gasteiger partial charge is 0.142 e. The molecule has 1 atom stereocenters. The molecular formula is C20H28Cl2N2O2. The van der Waals surface area contributed by atoms with Crippen LogP contribution in [0.25, 0.3) is 0 Å². The highest BCUT2D eigenvalue weighted by Crippen LogP contribution is 2.24. The summed E-state index contributed by atoms with van der Waals surface area (Å²) in [5.41, 5.74) is 2.39. The van der Waals surface area contributed by atoms with Crippen LogP contribution in [-0.4, -0.2) is 43.9 Å². The van der Waals surface area contributed by atoms with Crippen molar-refractivity contribution in [1.29, 1.82) is 0 Å². The van der Waals surface area contributed by atoms with Crippen LogP contribution in [0.2, 0.25) is 0 Å². The van der Waals surface area contributed by atoms with Gasteiger partial charge in [0.05, 0.1) is 25.0 Å². The SMILES string of the molecule is CCOc1ccccc1NCC1CN(Cc2ccccc2)CCO1.Cl.Cl. The maximum absolute atomic E-state index is 5.92. The fourth-order valence-corrected chi connectivity index (χ4v) is 3.01. The van der Waals surface area contributed by atoms with Gasteiger partial charge in [-0.1, -0.05) is 42.5 Å². The number of nitrogens with zero attached hydrogens (tertiary/aromatic N) is 1. The fourth-order valence-electron chi connectivity index (χ4n) is 3.01. The molecule has 0 saturated carbocycles. The van der Waals surface area contributed by atoms with Gasteiger partial charge in [0.15, 0.2) is 0 Å². The van der Waals surface area contributed by atoms with Crippen molar-refractivity contribution in [2.45, 2.75) is 19.6 Å². The third-order valence-electron chi connectivity index (χ3n) is 4.18. The Morgan fingerprint density at radius 1 is 1.08 bits per heavy atom. The Bertz CT molecular complexity index is 628. The van der Waals surface area contributed by atoms with Crippen molar-refractivity contribution in [3.8, 4) is 5.75 Å². The minimum atomic E-state index is 0. The van der Waals surface area contributed by atoms with Gasteiger partial charge in [-0.15, -0.1) is 24.8 Å². The summed E-state index contributed by atoms with van der Waals surface area (Å²) >= 11 is 0. The normalized spacial score (nSPS) is 16.9. The predicted octanol–water partition coefficient (Wildman–Crippen LogP) is 4.24. The van der Waals surface area contributed by atoms with E-state index in [0.29, 0.717) is 6.61 Å². The average molecular weight is 399 g/mol. The zero-order valence-electron chi connectivity index (χ0n) is 15.1. The van der Waals surface area contributed by atoms with Crippen LogP contribution >= 0.6 is 24.8 Å². The first-order valence-corrected chi connectivity index (χ1v) is 8.68. The van der Waals surface area contributed by atoms with Gasteiger partial charge in [-0.05, 0) is 24.6 Å². The molecule has 1 heterocycles. The number of hydrogen-bond donors (Lipinski definition) is 1. The van der Waals surface area contributed by atoms with Gasteiger partial charge in [0.2, 0.25) is 0 Å². The van der Waals surface area contributed by atoms with Crippen molar-refractivity contribution in [3.63, 3.8) is 0 Å². The molecule has 4 nitrogen and oxygen atoms in total. The number of halogens is 2. The molecule has 6 heteroatoms. The zero-order chi connectivity index (χ0) is 16.6. The summed E-state index contributed by atoms with van der Waals surface area (Å²) < 4.78 is 11.6. The molecule has 0 bridgehead atoms. The lowest BCUT2D eigenvalue weighted by atomic mass is 10.2. The van der Waals surface area contributed by atoms with Crippen LogP contribution < -0.4 is 10.1 Å². The van der Waals surface area contributed by atoms with E-state index in [4.69, 9.17) is 9.47 Å². The van der Waals surface area contributed by atoms with Crippen LogP contribution in [0, 0.1) is 0 Å². The molecule has 1 aliphatic rings. The van der Waals surface area contributed by atoms with Crippen LogP contribution in [-0.2, 0) is 11.3 Å². The lowest BCUT2D eigenvalue weighted by molar-refractivity contribution is -0.0240. The molecule has 1 saturated heterocycles. The van der Waals surface area contributed by atoms with Gasteiger partial charge >= 0.3 is 0 Å². The summed E-state index contributed by atoms with van der Waals surface area (Å²) in [6.07, 6.45) is 0.192. The molecule has 26 heavy (non-hydrogen) atoms. The second kappa shape index (κ2) is 12.0. The second-order valence-corrected chi connectivity index (χ2v) is 6.02. The summed E-state index contributed by atoms with van der Waals surface area (Å²) in [7, 11) is 0. The molecule has 2 aromatic rings. The van der Waals surface area contributed by atoms with Gasteiger partial charge < -0.3 is 14.8 Å². The summed E-state index contributed by atoms with van der Waals surface area (Å²) in [5.74, 6) is 0.900. The number of benzene rings is 2. The summed E-state index contributed by atoms with van der Waals surface area (Å²) in [5, 5.41) is 3.48. The Kier molecular flexibility index (Phi) is 10.4. The molecule has 1 N–H and O–H groups in total. The van der Waals surface area contributed by atoms with Gasteiger partial charge in [0, 0.05) is 26.2 Å². The fraction of sp³-hybridized carbons (Fsp3) is 0.400. The molecule has 0 radical (unpaired) electrons. The average Bonchev–Trinajstić information content (AvgIpc) is 2.62. The minimum absolute atomic E-state index is 0. The molecule has 0 aromatic heterocycles. The van der Waals surface area contributed by atoms with E-state index in [-0.39, 0.29) is 30.9 Å². The van der Waals surface area contributed by atoms with Crippen LogP contribution in [0.1, 0.15) is 12.5 Å². The van der Waals surface area contributed by atoms with Crippen molar-refractivity contribution in [2.24, 2.45) is 0 Å². The Labute approximate surface area is 168 Å². The van der Waals surface area contributed by atoms with Gasteiger partial charge in [-0.2, -0.15) is 0 Å². The van der Waals surface area contributed by atoms with E-state index < -0.39 is 0 Å². The van der Waals surface area contributed by atoms with Crippen LogP contribution in [0.5, 0.6) is 5.75 Å². The minimum Gasteiger partial charge on any atom is -0.492 e. The van der Waals surface area contributed by atoms with Crippen molar-refractivity contribution in [1.82, 2.24) is 4.90 Å². The first-order chi connectivity index (χ1) is 11.8. The van der Waals surface area contributed by atoms with Gasteiger partial charge in [0.1, 0.15) is 5.75 Å². The third kappa shape index (κ3) is 6.69. The molecule has 1 aliphatic heterocycles. The number of ether oxygens (including phenoxy) is 2. The van der Waals surface area contributed by atoms with Gasteiger partial charge in [-0.25, -0.2) is 0 Å². The molecule has 0 amide bonds. The monoisotopic (exact) mass is 398 g/mol. The number of nitrogens with one attached hydrogen (secondary N) is 1. The predicted molar refractivity (Wildman–Crippen MR) is 112 cm³/mol. The van der Waals surface area contributed by atoms with E-state index >= 15 is 0 Å². The number of rotatable bonds is 7. The molecule has 1 unspecified atom stereocenters. The van der Waals surface area contributed by atoms with E-state index in [0.717, 1.165) is 44.2 Å². The standard InChI is InChI=1S/C20H26N2O2.2ClH/c1-2-23-20-11-7-6-10-19(20)21-14-18-16-22(12-13-24-18)15-17-8-4-3-5-9-17;;/h3-11,18,21H,2,12-16H2,1H3;2*1H. The molecule has 3 rings (SSSR count). The van der Waals surface area contributed by atoms with Crippen molar-refractivity contribution in [3.05, 3.63) is 60.2 Å². The number of anilines is 1. The maximum Gasteiger partial charge on any atom is 0.142 e. The highest BCUT2D eigenvalue weighted by atomic mass is 35.5. The summed E-state index contributed by atoms with van der Waals surface area (Å²) in [6.45, 7) is 7.16. The molecule has 0 aliphatic carbocycles. The third-order valence-corrected chi connectivity index (χ3v) is 4.18. The Morgan fingerprint density at radius 3 is 2.58 bits per heavy atom. The second-order valence-electron chi connectivity index (χ2n) is 6.02. The molecule has 0 spiro atoms. The quantitative estimate of drug-likeness (QED) is 0.755. The largest absolute Gasteiger partial charge is 0.492 e. The van der Waals surface area contributed by atoms with E-state index in [1.54, 1.807) is 0 Å². The molecule has 1 fully saturated rings. The maximum atomic E-state index is 5.92. The van der Waals surface area contributed by atoms with E-state index in [1.807, 2.05) is 25.1 Å². The molecule has 144 valence electrons. The van der Waals surface area contributed by atoms with Gasteiger partial charge in [-0.3, -0.25) is 4.90 Å². The Balaban J connectivity index is 0.00000169. The zero-order valence-corrected chi connectivity index (χ0v) is 16.7. The molecule has 2 aromatic carbocycles. The highest BCUT2D eigenvalue weighted by molar-refractivity contribution is 5.85. The Hall–Kier alpha value is -1.46. The van der Waals surface area contributed by atoms with E-state index in [9.17, 15) is 0 Å². The van der Waals surface area contributed by atoms with Crippen molar-refractivity contribution >= 4 is 30.5 Å². The lowest BCUT2D eigenvalue weighted by Gasteiger charge is -2.33. The summed E-state index contributed by atoms with van der Waals surface area (Å²) in [6, 6.07) is 18.7. The molecular weight excluding hydrogens is 371 g/mol. The van der Waals surface area contributed by atoms with Crippen molar-refractivity contribution in [2.75, 3.05) is 38.2 Å². The highest BCUT2D eigenvalue weighted by Gasteiger charge is 2.20.